The van der Waals surface area contributed by atoms with Crippen molar-refractivity contribution in [2.75, 3.05) is 19.0 Å². The number of methoxy groups -OCH3 is 1. The number of amides is 1. The number of nitrogens with one attached hydrogen (secondary N) is 1. The fourth-order valence-corrected chi connectivity index (χ4v) is 2.19. The lowest BCUT2D eigenvalue weighted by atomic mass is 10.2. The Kier molecular flexibility index (Phi) is 4.61. The molecule has 2 aromatic rings. The summed E-state index contributed by atoms with van der Waals surface area (Å²) in [6.07, 6.45) is -3.74. The van der Waals surface area contributed by atoms with Crippen molar-refractivity contribution >= 4 is 17.6 Å². The first kappa shape index (κ1) is 17.5. The van der Waals surface area contributed by atoms with E-state index in [1.54, 1.807) is 12.1 Å². The van der Waals surface area contributed by atoms with Crippen molar-refractivity contribution in [2.24, 2.45) is 0 Å². The van der Waals surface area contributed by atoms with Crippen LogP contribution in [0.2, 0.25) is 0 Å². The molecular weight excluding hydrogens is 352 g/mol. The smallest absolute Gasteiger partial charge is 0.497 e. The number of hydrogen-bond donors (Lipinski definition) is 1. The maximum absolute atomic E-state index is 13.0. The van der Waals surface area contributed by atoms with Crippen LogP contribution in [0.4, 0.5) is 14.5 Å². The van der Waals surface area contributed by atoms with Gasteiger partial charge in [0.1, 0.15) is 5.75 Å². The minimum atomic E-state index is -3.74. The molecule has 1 heterocycles. The van der Waals surface area contributed by atoms with Crippen LogP contribution in [0.5, 0.6) is 17.2 Å². The summed E-state index contributed by atoms with van der Waals surface area (Å²) in [6.45, 7) is -0.555. The van der Waals surface area contributed by atoms with E-state index in [-0.39, 0.29) is 22.7 Å². The lowest BCUT2D eigenvalue weighted by molar-refractivity contribution is -0.286. The highest BCUT2D eigenvalue weighted by atomic mass is 19.3. The predicted molar refractivity (Wildman–Crippen MR) is 84.6 cm³/mol. The van der Waals surface area contributed by atoms with Crippen LogP contribution in [0, 0.1) is 0 Å². The molecule has 0 aromatic heterocycles. The van der Waals surface area contributed by atoms with E-state index in [4.69, 9.17) is 9.47 Å². The highest BCUT2D eigenvalue weighted by Gasteiger charge is 2.43. The molecule has 0 unspecified atom stereocenters. The molecule has 1 aliphatic heterocycles. The first-order chi connectivity index (χ1) is 12.4. The number of hydrogen-bond acceptors (Lipinski definition) is 6. The van der Waals surface area contributed by atoms with Gasteiger partial charge in [0.05, 0.1) is 12.7 Å². The highest BCUT2D eigenvalue weighted by Crippen LogP contribution is 2.42. The zero-order valence-corrected chi connectivity index (χ0v) is 13.5. The quantitative estimate of drug-likeness (QED) is 0.821. The van der Waals surface area contributed by atoms with Crippen LogP contribution < -0.4 is 19.5 Å². The maximum atomic E-state index is 13.0. The summed E-state index contributed by atoms with van der Waals surface area (Å²) in [5, 5.41) is 2.41. The van der Waals surface area contributed by atoms with E-state index in [1.807, 2.05) is 0 Å². The average molecular weight is 365 g/mol. The first-order valence-corrected chi connectivity index (χ1v) is 7.37. The molecule has 7 nitrogen and oxygen atoms in total. The summed E-state index contributed by atoms with van der Waals surface area (Å²) in [4.78, 5) is 23.8. The van der Waals surface area contributed by atoms with Gasteiger partial charge >= 0.3 is 12.3 Å². The van der Waals surface area contributed by atoms with Crippen LogP contribution >= 0.6 is 0 Å². The molecule has 0 atom stereocenters. The number of halogens is 2. The Hall–Kier alpha value is -3.36. The molecule has 0 saturated heterocycles. The van der Waals surface area contributed by atoms with E-state index in [0.29, 0.717) is 5.75 Å². The Morgan fingerprint density at radius 3 is 2.65 bits per heavy atom. The monoisotopic (exact) mass is 365 g/mol. The van der Waals surface area contributed by atoms with Gasteiger partial charge in [0.2, 0.25) is 0 Å². The van der Waals surface area contributed by atoms with E-state index >= 15 is 0 Å². The molecule has 26 heavy (non-hydrogen) atoms. The van der Waals surface area contributed by atoms with Crippen molar-refractivity contribution in [2.45, 2.75) is 6.29 Å². The van der Waals surface area contributed by atoms with Crippen LogP contribution in [0.15, 0.2) is 42.5 Å². The minimum absolute atomic E-state index is 0.141. The molecule has 0 bridgehead atoms. The molecule has 1 N–H and O–H groups in total. The molecule has 0 radical (unpaired) electrons. The number of anilines is 1. The Labute approximate surface area is 146 Å². The number of fused-ring (bicyclic) bond motifs is 1. The third-order valence-corrected chi connectivity index (χ3v) is 3.32. The summed E-state index contributed by atoms with van der Waals surface area (Å²) in [6, 6.07) is 10.0. The van der Waals surface area contributed by atoms with Gasteiger partial charge in [-0.15, -0.1) is 8.78 Å². The number of ether oxygens (including phenoxy) is 4. The van der Waals surface area contributed by atoms with Gasteiger partial charge < -0.3 is 24.3 Å². The molecule has 1 amide bonds. The van der Waals surface area contributed by atoms with Crippen molar-refractivity contribution in [1.82, 2.24) is 0 Å². The first-order valence-electron chi connectivity index (χ1n) is 7.37. The second kappa shape index (κ2) is 6.87. The second-order valence-electron chi connectivity index (χ2n) is 5.19. The summed E-state index contributed by atoms with van der Waals surface area (Å²) < 4.78 is 44.4. The third-order valence-electron chi connectivity index (χ3n) is 3.32. The normalized spacial score (nSPS) is 13.8. The Morgan fingerprint density at radius 2 is 1.88 bits per heavy atom. The van der Waals surface area contributed by atoms with Gasteiger partial charge in [-0.25, -0.2) is 4.79 Å². The van der Waals surface area contributed by atoms with E-state index in [2.05, 4.69) is 14.8 Å². The Bertz CT molecular complexity index is 855. The van der Waals surface area contributed by atoms with Crippen molar-refractivity contribution in [3.8, 4) is 17.2 Å². The third kappa shape index (κ3) is 4.00. The zero-order valence-electron chi connectivity index (χ0n) is 13.5. The highest BCUT2D eigenvalue weighted by molar-refractivity contribution is 5.95. The van der Waals surface area contributed by atoms with Gasteiger partial charge in [-0.05, 0) is 30.3 Å². The average Bonchev–Trinajstić information content (AvgIpc) is 2.92. The molecule has 1 aliphatic rings. The maximum Gasteiger partial charge on any atom is 0.586 e. The van der Waals surface area contributed by atoms with Gasteiger partial charge in [-0.2, -0.15) is 0 Å². The van der Waals surface area contributed by atoms with Gasteiger partial charge in [0, 0.05) is 11.8 Å². The van der Waals surface area contributed by atoms with Crippen LogP contribution in [0.1, 0.15) is 10.4 Å². The van der Waals surface area contributed by atoms with Gasteiger partial charge in [0.25, 0.3) is 5.91 Å². The minimum Gasteiger partial charge on any atom is -0.497 e. The fourth-order valence-electron chi connectivity index (χ4n) is 2.19. The van der Waals surface area contributed by atoms with Crippen LogP contribution in [-0.4, -0.2) is 31.9 Å². The van der Waals surface area contributed by atoms with Crippen LogP contribution in [0.3, 0.4) is 0 Å². The van der Waals surface area contributed by atoms with Crippen molar-refractivity contribution in [3.63, 3.8) is 0 Å². The molecule has 0 spiro atoms. The fraction of sp³-hybridized carbons (Fsp3) is 0.176. The molecule has 3 rings (SSSR count). The molecule has 2 aromatic carbocycles. The van der Waals surface area contributed by atoms with E-state index < -0.39 is 24.8 Å². The number of carbonyl (C=O) groups excluding carboxylic acids is 2. The van der Waals surface area contributed by atoms with Gasteiger partial charge in [-0.3, -0.25) is 4.79 Å². The molecule has 0 fully saturated rings. The molecule has 0 saturated carbocycles. The summed E-state index contributed by atoms with van der Waals surface area (Å²) in [5.74, 6) is -1.23. The number of alkyl halides is 2. The number of esters is 1. The second-order valence-corrected chi connectivity index (χ2v) is 5.19. The topological polar surface area (TPSA) is 83.1 Å². The Balaban J connectivity index is 1.56. The number of benzene rings is 2. The standard InChI is InChI=1S/C17H13F2NO6/c1-23-12-4-2-3-10(7-12)16(22)24-9-15(21)20-11-5-6-13-14(8-11)26-17(18,19)25-13/h2-8H,9H2,1H3,(H,20,21). The van der Waals surface area contributed by atoms with Crippen molar-refractivity contribution in [1.29, 1.82) is 0 Å². The predicted octanol–water partition coefficient (Wildman–Crippen LogP) is 2.81. The number of carbonyl (C=O) groups is 2. The van der Waals surface area contributed by atoms with E-state index in [0.717, 1.165) is 0 Å². The van der Waals surface area contributed by atoms with Crippen LogP contribution in [0.25, 0.3) is 0 Å². The Morgan fingerprint density at radius 1 is 1.12 bits per heavy atom. The SMILES string of the molecule is COc1cccc(C(=O)OCC(=O)Nc2ccc3c(c2)OC(F)(F)O3)c1. The lowest BCUT2D eigenvalue weighted by Gasteiger charge is -2.08. The van der Waals surface area contributed by atoms with Crippen LogP contribution in [-0.2, 0) is 9.53 Å². The van der Waals surface area contributed by atoms with Gasteiger partial charge in [0.15, 0.2) is 18.1 Å². The summed E-state index contributed by atoms with van der Waals surface area (Å²) in [7, 11) is 1.46. The zero-order chi connectivity index (χ0) is 18.7. The molecular formula is C17H13F2NO6. The summed E-state index contributed by atoms with van der Waals surface area (Å²) >= 11 is 0. The molecule has 0 aliphatic carbocycles. The largest absolute Gasteiger partial charge is 0.586 e. The van der Waals surface area contributed by atoms with Crippen molar-refractivity contribution in [3.05, 3.63) is 48.0 Å². The number of rotatable bonds is 5. The lowest BCUT2D eigenvalue weighted by Crippen LogP contribution is -2.25. The van der Waals surface area contributed by atoms with E-state index in [1.165, 1.54) is 37.4 Å². The van der Waals surface area contributed by atoms with Gasteiger partial charge in [-0.1, -0.05) is 6.07 Å². The molecule has 136 valence electrons. The summed E-state index contributed by atoms with van der Waals surface area (Å²) in [5.41, 5.74) is 0.412. The van der Waals surface area contributed by atoms with E-state index in [9.17, 15) is 18.4 Å². The van der Waals surface area contributed by atoms with Crippen molar-refractivity contribution < 1.29 is 37.3 Å². The molecule has 9 heteroatoms.